The van der Waals surface area contributed by atoms with E-state index in [2.05, 4.69) is 15.6 Å². The molecule has 0 aromatic rings. The normalized spacial score (nSPS) is 12.2. The number of hydrogen-bond donors (Lipinski definition) is 3. The number of amides is 2. The zero-order valence-electron chi connectivity index (χ0n) is 15.5. The van der Waals surface area contributed by atoms with E-state index in [1.807, 2.05) is 0 Å². The minimum Gasteiger partial charge on any atom is -0.516 e. The highest BCUT2D eigenvalue weighted by atomic mass is 16.6. The standard InChI is InChI=1S/C16H29N3O5/c1-11(10-20)8-9-17-12(18-13(21)23-15(2,3)4)19-14(22)24-16(5,6)7/h10,20H,8-9H2,1-7H3,(H2,17,18,19,21,22)/b11-10+. The summed E-state index contributed by atoms with van der Waals surface area (Å²) in [6.45, 7) is 12.3. The molecule has 0 rings (SSSR count). The molecular weight excluding hydrogens is 314 g/mol. The molecule has 0 aliphatic carbocycles. The quantitative estimate of drug-likeness (QED) is 0.414. The molecule has 0 bridgehead atoms. The van der Waals surface area contributed by atoms with Crippen LogP contribution in [0.2, 0.25) is 0 Å². The van der Waals surface area contributed by atoms with Gasteiger partial charge in [-0.2, -0.15) is 0 Å². The molecule has 24 heavy (non-hydrogen) atoms. The predicted octanol–water partition coefficient (Wildman–Crippen LogP) is 3.24. The third kappa shape index (κ3) is 12.3. The van der Waals surface area contributed by atoms with Gasteiger partial charge in [0.05, 0.1) is 6.26 Å². The van der Waals surface area contributed by atoms with Crippen LogP contribution >= 0.6 is 0 Å². The fourth-order valence-corrected chi connectivity index (χ4v) is 1.32. The Morgan fingerprint density at radius 2 is 1.42 bits per heavy atom. The highest BCUT2D eigenvalue weighted by Gasteiger charge is 2.21. The van der Waals surface area contributed by atoms with Crippen molar-refractivity contribution in [3.8, 4) is 0 Å². The van der Waals surface area contributed by atoms with Gasteiger partial charge in [0, 0.05) is 6.54 Å². The Morgan fingerprint density at radius 1 is 1.00 bits per heavy atom. The molecule has 2 amide bonds. The van der Waals surface area contributed by atoms with Gasteiger partial charge in [0.2, 0.25) is 5.96 Å². The second kappa shape index (κ2) is 9.14. The highest BCUT2D eigenvalue weighted by molar-refractivity contribution is 6.01. The SMILES string of the molecule is C/C(=C\O)CCN=C(NC(=O)OC(C)(C)C)NC(=O)OC(C)(C)C. The average Bonchev–Trinajstić information content (AvgIpc) is 2.33. The number of guanidine groups is 1. The molecule has 0 unspecified atom stereocenters. The van der Waals surface area contributed by atoms with E-state index in [1.165, 1.54) is 0 Å². The number of ether oxygens (including phenoxy) is 2. The fraction of sp³-hybridized carbons (Fsp3) is 0.688. The second-order valence-electron chi connectivity index (χ2n) is 7.21. The fourth-order valence-electron chi connectivity index (χ4n) is 1.32. The Labute approximate surface area is 143 Å². The summed E-state index contributed by atoms with van der Waals surface area (Å²) in [5.74, 6) is -0.0794. The van der Waals surface area contributed by atoms with Crippen LogP contribution in [0.5, 0.6) is 0 Å². The smallest absolute Gasteiger partial charge is 0.414 e. The third-order valence-corrected chi connectivity index (χ3v) is 2.24. The van der Waals surface area contributed by atoms with Gasteiger partial charge in [-0.25, -0.2) is 9.59 Å². The van der Waals surface area contributed by atoms with Gasteiger partial charge < -0.3 is 14.6 Å². The van der Waals surface area contributed by atoms with Crippen LogP contribution in [0.1, 0.15) is 54.9 Å². The van der Waals surface area contributed by atoms with Crippen LogP contribution in [0.4, 0.5) is 9.59 Å². The number of carbonyl (C=O) groups is 2. The van der Waals surface area contributed by atoms with Gasteiger partial charge in [-0.3, -0.25) is 15.6 Å². The zero-order valence-corrected chi connectivity index (χ0v) is 15.5. The maximum atomic E-state index is 11.8. The van der Waals surface area contributed by atoms with Gasteiger partial charge in [-0.1, -0.05) is 0 Å². The summed E-state index contributed by atoms with van der Waals surface area (Å²) in [5.41, 5.74) is -0.651. The summed E-state index contributed by atoms with van der Waals surface area (Å²) in [6.07, 6.45) is -0.0393. The Hall–Kier alpha value is -2.25. The Morgan fingerprint density at radius 3 is 1.75 bits per heavy atom. The molecule has 138 valence electrons. The molecule has 0 fully saturated rings. The monoisotopic (exact) mass is 343 g/mol. The summed E-state index contributed by atoms with van der Waals surface area (Å²) in [6, 6.07) is 0. The number of hydrogen-bond acceptors (Lipinski definition) is 6. The van der Waals surface area contributed by atoms with Crippen molar-refractivity contribution in [3.63, 3.8) is 0 Å². The summed E-state index contributed by atoms with van der Waals surface area (Å²) in [5, 5.41) is 13.6. The van der Waals surface area contributed by atoms with E-state index in [0.29, 0.717) is 12.0 Å². The number of aliphatic hydroxyl groups is 1. The summed E-state index contributed by atoms with van der Waals surface area (Å²) in [7, 11) is 0. The second-order valence-corrected chi connectivity index (χ2v) is 7.21. The van der Waals surface area contributed by atoms with Crippen molar-refractivity contribution in [2.45, 2.75) is 66.1 Å². The van der Waals surface area contributed by atoms with Crippen LogP contribution in [-0.4, -0.2) is 41.0 Å². The van der Waals surface area contributed by atoms with Crippen molar-refractivity contribution < 1.29 is 24.2 Å². The third-order valence-electron chi connectivity index (χ3n) is 2.24. The number of alkyl carbamates (subject to hydrolysis) is 2. The van der Waals surface area contributed by atoms with Gasteiger partial charge in [-0.15, -0.1) is 0 Å². The molecule has 0 saturated heterocycles. The Balaban J connectivity index is 4.91. The summed E-state index contributed by atoms with van der Waals surface area (Å²) < 4.78 is 10.2. The van der Waals surface area contributed by atoms with E-state index in [-0.39, 0.29) is 12.5 Å². The lowest BCUT2D eigenvalue weighted by atomic mass is 10.2. The number of carbonyl (C=O) groups excluding carboxylic acids is 2. The van der Waals surface area contributed by atoms with Gasteiger partial charge in [0.15, 0.2) is 0 Å². The number of aliphatic imine (C=N–C) groups is 1. The Kier molecular flexibility index (Phi) is 8.29. The van der Waals surface area contributed by atoms with Crippen LogP contribution in [0, 0.1) is 0 Å². The van der Waals surface area contributed by atoms with Crippen LogP contribution in [-0.2, 0) is 9.47 Å². The number of aliphatic hydroxyl groups excluding tert-OH is 1. The van der Waals surface area contributed by atoms with E-state index in [4.69, 9.17) is 14.6 Å². The molecule has 0 atom stereocenters. The molecule has 0 aliphatic rings. The van der Waals surface area contributed by atoms with Crippen molar-refractivity contribution >= 4 is 18.1 Å². The lowest BCUT2D eigenvalue weighted by molar-refractivity contribution is 0.0545. The highest BCUT2D eigenvalue weighted by Crippen LogP contribution is 2.07. The molecule has 0 aromatic heterocycles. The van der Waals surface area contributed by atoms with Gasteiger partial charge in [-0.05, 0) is 60.5 Å². The van der Waals surface area contributed by atoms with E-state index >= 15 is 0 Å². The molecule has 8 nitrogen and oxygen atoms in total. The number of nitrogens with zero attached hydrogens (tertiary/aromatic N) is 1. The molecule has 0 aliphatic heterocycles. The first-order valence-electron chi connectivity index (χ1n) is 7.67. The molecule has 0 aromatic carbocycles. The van der Waals surface area contributed by atoms with E-state index in [1.54, 1.807) is 48.5 Å². The van der Waals surface area contributed by atoms with Gasteiger partial charge in [0.1, 0.15) is 11.2 Å². The van der Waals surface area contributed by atoms with Crippen LogP contribution < -0.4 is 10.6 Å². The molecule has 8 heteroatoms. The summed E-state index contributed by atoms with van der Waals surface area (Å²) in [4.78, 5) is 27.8. The van der Waals surface area contributed by atoms with E-state index < -0.39 is 23.4 Å². The minimum absolute atomic E-state index is 0.0794. The van der Waals surface area contributed by atoms with E-state index in [0.717, 1.165) is 6.26 Å². The largest absolute Gasteiger partial charge is 0.516 e. The van der Waals surface area contributed by atoms with Crippen molar-refractivity contribution in [1.82, 2.24) is 10.6 Å². The molecule has 0 radical (unpaired) electrons. The van der Waals surface area contributed by atoms with Crippen LogP contribution in [0.3, 0.4) is 0 Å². The van der Waals surface area contributed by atoms with Crippen molar-refractivity contribution in [2.75, 3.05) is 6.54 Å². The lowest BCUT2D eigenvalue weighted by Gasteiger charge is -2.22. The predicted molar refractivity (Wildman–Crippen MR) is 92.0 cm³/mol. The first-order chi connectivity index (χ1) is 10.8. The van der Waals surface area contributed by atoms with Crippen molar-refractivity contribution in [1.29, 1.82) is 0 Å². The maximum Gasteiger partial charge on any atom is 0.414 e. The van der Waals surface area contributed by atoms with E-state index in [9.17, 15) is 9.59 Å². The first-order valence-corrected chi connectivity index (χ1v) is 7.67. The molecule has 0 spiro atoms. The van der Waals surface area contributed by atoms with Crippen LogP contribution in [0.15, 0.2) is 16.8 Å². The zero-order chi connectivity index (χ0) is 19.0. The van der Waals surface area contributed by atoms with Crippen molar-refractivity contribution in [2.24, 2.45) is 4.99 Å². The number of nitrogens with one attached hydrogen (secondary N) is 2. The van der Waals surface area contributed by atoms with Crippen LogP contribution in [0.25, 0.3) is 0 Å². The number of rotatable bonds is 3. The topological polar surface area (TPSA) is 109 Å². The Bertz CT molecular complexity index is 467. The summed E-state index contributed by atoms with van der Waals surface area (Å²) >= 11 is 0. The maximum absolute atomic E-state index is 11.8. The minimum atomic E-state index is -0.744. The van der Waals surface area contributed by atoms with Gasteiger partial charge >= 0.3 is 12.2 Å². The molecule has 0 heterocycles. The average molecular weight is 343 g/mol. The molecule has 3 N–H and O–H groups in total. The molecule has 0 saturated carbocycles. The van der Waals surface area contributed by atoms with Gasteiger partial charge in [0.25, 0.3) is 0 Å². The van der Waals surface area contributed by atoms with Crippen molar-refractivity contribution in [3.05, 3.63) is 11.8 Å². The molecular formula is C16H29N3O5. The first kappa shape index (κ1) is 21.8. The lowest BCUT2D eigenvalue weighted by Crippen LogP contribution is -2.47.